The Morgan fingerprint density at radius 2 is 1.81 bits per heavy atom. The van der Waals surface area contributed by atoms with Crippen molar-refractivity contribution < 1.29 is 18.7 Å². The summed E-state index contributed by atoms with van der Waals surface area (Å²) in [6.07, 6.45) is 4.97. The van der Waals surface area contributed by atoms with Crippen LogP contribution in [0, 0.1) is 18.7 Å². The average Bonchev–Trinajstić information content (AvgIpc) is 3.45. The summed E-state index contributed by atoms with van der Waals surface area (Å²) in [4.78, 5) is 28.0. The second kappa shape index (κ2) is 11.2. The Kier molecular flexibility index (Phi) is 7.54. The van der Waals surface area contributed by atoms with Gasteiger partial charge in [0.25, 0.3) is 5.91 Å². The van der Waals surface area contributed by atoms with Crippen LogP contribution < -0.4 is 10.1 Å². The van der Waals surface area contributed by atoms with Crippen LogP contribution in [0.4, 0.5) is 4.39 Å². The maximum absolute atomic E-state index is 13.6. The van der Waals surface area contributed by atoms with Crippen molar-refractivity contribution in [1.82, 2.24) is 10.2 Å². The number of benzene rings is 3. The fourth-order valence-corrected chi connectivity index (χ4v) is 5.48. The van der Waals surface area contributed by atoms with Crippen molar-refractivity contribution in [2.75, 3.05) is 13.2 Å². The van der Waals surface area contributed by atoms with Crippen LogP contribution in [0.25, 0.3) is 0 Å². The van der Waals surface area contributed by atoms with Crippen molar-refractivity contribution in [2.24, 2.45) is 5.92 Å². The zero-order valence-corrected chi connectivity index (χ0v) is 21.2. The van der Waals surface area contributed by atoms with Crippen LogP contribution in [0.3, 0.4) is 0 Å². The van der Waals surface area contributed by atoms with Gasteiger partial charge in [-0.25, -0.2) is 4.39 Å². The summed E-state index contributed by atoms with van der Waals surface area (Å²) < 4.78 is 19.2. The minimum atomic E-state index is -0.333. The Bertz CT molecular complexity index is 1270. The highest BCUT2D eigenvalue weighted by Gasteiger charge is 2.36. The van der Waals surface area contributed by atoms with Crippen molar-refractivity contribution in [2.45, 2.75) is 51.6 Å². The van der Waals surface area contributed by atoms with Crippen LogP contribution in [0.2, 0.25) is 0 Å². The summed E-state index contributed by atoms with van der Waals surface area (Å²) in [5.74, 6) is 0.329. The number of nitrogens with zero attached hydrogens (tertiary/aromatic N) is 1. The predicted octanol–water partition coefficient (Wildman–Crippen LogP) is 5.49. The molecule has 0 radical (unpaired) electrons. The number of nitrogens with one attached hydrogen (secondary N) is 1. The van der Waals surface area contributed by atoms with E-state index < -0.39 is 0 Å². The highest BCUT2D eigenvalue weighted by molar-refractivity contribution is 5.80. The molecular weight excluding hydrogens is 467 g/mol. The lowest BCUT2D eigenvalue weighted by atomic mass is 9.86. The van der Waals surface area contributed by atoms with E-state index in [1.165, 1.54) is 23.3 Å². The molecule has 1 fully saturated rings. The van der Waals surface area contributed by atoms with E-state index in [4.69, 9.17) is 4.74 Å². The van der Waals surface area contributed by atoms with Crippen LogP contribution in [-0.2, 0) is 22.6 Å². The Balaban J connectivity index is 1.33. The topological polar surface area (TPSA) is 58.6 Å². The molecule has 192 valence electrons. The molecule has 1 aliphatic heterocycles. The van der Waals surface area contributed by atoms with Gasteiger partial charge in [-0.2, -0.15) is 0 Å². The molecule has 1 unspecified atom stereocenters. The number of fused-ring (bicyclic) bond motifs is 1. The van der Waals surface area contributed by atoms with Crippen LogP contribution >= 0.6 is 0 Å². The van der Waals surface area contributed by atoms with Gasteiger partial charge in [0.15, 0.2) is 6.61 Å². The molecule has 5 rings (SSSR count). The number of amides is 2. The van der Waals surface area contributed by atoms with Crippen LogP contribution in [0.1, 0.15) is 59.5 Å². The second-order valence-electron chi connectivity index (χ2n) is 10.1. The summed E-state index contributed by atoms with van der Waals surface area (Å²) in [5.41, 5.74) is 5.20. The number of hydrogen-bond acceptors (Lipinski definition) is 3. The monoisotopic (exact) mass is 500 g/mol. The Labute approximate surface area is 217 Å². The van der Waals surface area contributed by atoms with E-state index in [2.05, 4.69) is 41.4 Å². The quantitative estimate of drug-likeness (QED) is 0.467. The first-order chi connectivity index (χ1) is 18.0. The van der Waals surface area contributed by atoms with Gasteiger partial charge in [-0.1, -0.05) is 60.9 Å². The highest BCUT2D eigenvalue weighted by atomic mass is 19.1. The zero-order chi connectivity index (χ0) is 25.8. The standard InChI is InChI=1S/C31H33FN2O3/c1-21-9-11-24(12-10-21)30-28-18-27(37-20-29(35)33-19-22-5-4-8-26(32)17-22)14-13-23(28)15-16-34(30)31(36)25-6-2-3-7-25/h4-5,8-14,17-18,25,30H,2-3,6-7,15-16,19-20H2,1H3,(H,33,35). The minimum Gasteiger partial charge on any atom is -0.484 e. The van der Waals surface area contributed by atoms with E-state index in [0.29, 0.717) is 17.9 Å². The molecule has 2 amide bonds. The molecule has 1 atom stereocenters. The van der Waals surface area contributed by atoms with Crippen LogP contribution in [0.5, 0.6) is 5.75 Å². The van der Waals surface area contributed by atoms with Gasteiger partial charge >= 0.3 is 0 Å². The third-order valence-electron chi connectivity index (χ3n) is 7.47. The first kappa shape index (κ1) is 25.0. The van der Waals surface area contributed by atoms with Crippen LogP contribution in [0.15, 0.2) is 66.7 Å². The molecule has 6 heteroatoms. The Hall–Kier alpha value is -3.67. The van der Waals surface area contributed by atoms with Gasteiger partial charge in [-0.15, -0.1) is 0 Å². The summed E-state index contributed by atoms with van der Waals surface area (Å²) in [5, 5.41) is 2.77. The van der Waals surface area contributed by atoms with Crippen molar-refractivity contribution >= 4 is 11.8 Å². The molecule has 0 aromatic heterocycles. The molecule has 1 aliphatic carbocycles. The van der Waals surface area contributed by atoms with Crippen molar-refractivity contribution in [3.63, 3.8) is 0 Å². The number of aryl methyl sites for hydroxylation is 1. The second-order valence-corrected chi connectivity index (χ2v) is 10.1. The zero-order valence-electron chi connectivity index (χ0n) is 21.2. The molecule has 1 N–H and O–H groups in total. The maximum atomic E-state index is 13.6. The Morgan fingerprint density at radius 3 is 2.57 bits per heavy atom. The maximum Gasteiger partial charge on any atom is 0.258 e. The third kappa shape index (κ3) is 5.85. The van der Waals surface area contributed by atoms with E-state index >= 15 is 0 Å². The van der Waals surface area contributed by atoms with E-state index in [1.54, 1.807) is 12.1 Å². The van der Waals surface area contributed by atoms with E-state index in [0.717, 1.165) is 43.2 Å². The van der Waals surface area contributed by atoms with Crippen molar-refractivity contribution in [1.29, 1.82) is 0 Å². The summed E-state index contributed by atoms with van der Waals surface area (Å²) in [6, 6.07) is 20.3. The summed E-state index contributed by atoms with van der Waals surface area (Å²) in [6.45, 7) is 2.85. The summed E-state index contributed by atoms with van der Waals surface area (Å²) >= 11 is 0. The molecule has 1 saturated carbocycles. The molecule has 0 bridgehead atoms. The largest absolute Gasteiger partial charge is 0.484 e. The first-order valence-electron chi connectivity index (χ1n) is 13.1. The van der Waals surface area contributed by atoms with E-state index in [-0.39, 0.29) is 42.7 Å². The lowest BCUT2D eigenvalue weighted by molar-refractivity contribution is -0.137. The van der Waals surface area contributed by atoms with Gasteiger partial charge in [0.05, 0.1) is 6.04 Å². The lowest BCUT2D eigenvalue weighted by Crippen LogP contribution is -2.43. The Morgan fingerprint density at radius 1 is 1.03 bits per heavy atom. The average molecular weight is 501 g/mol. The van der Waals surface area contributed by atoms with Crippen molar-refractivity contribution in [3.8, 4) is 5.75 Å². The molecule has 0 spiro atoms. The van der Waals surface area contributed by atoms with Gasteiger partial charge in [0.2, 0.25) is 5.91 Å². The van der Waals surface area contributed by atoms with Gasteiger partial charge in [-0.3, -0.25) is 9.59 Å². The van der Waals surface area contributed by atoms with Gasteiger partial charge in [-0.05, 0) is 72.7 Å². The van der Waals surface area contributed by atoms with Gasteiger partial charge < -0.3 is 15.0 Å². The molecule has 3 aromatic carbocycles. The third-order valence-corrected chi connectivity index (χ3v) is 7.47. The molecule has 5 nitrogen and oxygen atoms in total. The van der Waals surface area contributed by atoms with Gasteiger partial charge in [0.1, 0.15) is 11.6 Å². The number of hydrogen-bond donors (Lipinski definition) is 1. The fraction of sp³-hybridized carbons (Fsp3) is 0.355. The molecule has 3 aromatic rings. The highest BCUT2D eigenvalue weighted by Crippen LogP contribution is 2.39. The van der Waals surface area contributed by atoms with Gasteiger partial charge in [0, 0.05) is 19.0 Å². The lowest BCUT2D eigenvalue weighted by Gasteiger charge is -2.39. The number of carbonyl (C=O) groups excluding carboxylic acids is 2. The predicted molar refractivity (Wildman–Crippen MR) is 141 cm³/mol. The summed E-state index contributed by atoms with van der Waals surface area (Å²) in [7, 11) is 0. The minimum absolute atomic E-state index is 0.107. The number of ether oxygens (including phenoxy) is 1. The molecule has 37 heavy (non-hydrogen) atoms. The molecule has 0 saturated heterocycles. The number of halogens is 1. The van der Waals surface area contributed by atoms with Crippen LogP contribution in [-0.4, -0.2) is 29.9 Å². The molecular formula is C31H33FN2O3. The van der Waals surface area contributed by atoms with Crippen molar-refractivity contribution in [3.05, 3.63) is 100 Å². The smallest absolute Gasteiger partial charge is 0.258 e. The number of rotatable bonds is 7. The van der Waals surface area contributed by atoms with E-state index in [9.17, 15) is 14.0 Å². The fourth-order valence-electron chi connectivity index (χ4n) is 5.48. The molecule has 1 heterocycles. The molecule has 2 aliphatic rings. The van der Waals surface area contributed by atoms with E-state index in [1.807, 2.05) is 18.2 Å². The number of carbonyl (C=O) groups is 2. The normalized spacial score (nSPS) is 17.4. The first-order valence-corrected chi connectivity index (χ1v) is 13.1. The SMILES string of the molecule is Cc1ccc(C2c3cc(OCC(=O)NCc4cccc(F)c4)ccc3CCN2C(=O)C2CCCC2)cc1.